The second-order valence-corrected chi connectivity index (χ2v) is 4.38. The Bertz CT molecular complexity index is 503. The molecule has 0 radical (unpaired) electrons. The summed E-state index contributed by atoms with van der Waals surface area (Å²) in [7, 11) is 0. The van der Waals surface area contributed by atoms with E-state index in [9.17, 15) is 4.79 Å². The highest BCUT2D eigenvalue weighted by Crippen LogP contribution is 2.31. The molecule has 0 saturated heterocycles. The molecule has 4 heteroatoms. The van der Waals surface area contributed by atoms with Crippen LogP contribution in [0.1, 0.15) is 19.8 Å². The van der Waals surface area contributed by atoms with Crippen molar-refractivity contribution in [2.45, 2.75) is 26.3 Å². The number of hydrogen-bond acceptors (Lipinski definition) is 3. The number of carbonyl (C=O) groups excluding carboxylic acids is 1. The van der Waals surface area contributed by atoms with Crippen LogP contribution in [0.2, 0.25) is 0 Å². The second-order valence-electron chi connectivity index (χ2n) is 4.38. The molecule has 96 valence electrons. The van der Waals surface area contributed by atoms with Crippen molar-refractivity contribution in [1.82, 2.24) is 9.55 Å². The molecule has 0 N–H and O–H groups in total. The molecule has 2 heterocycles. The van der Waals surface area contributed by atoms with Gasteiger partial charge in [-0.05, 0) is 43.9 Å². The van der Waals surface area contributed by atoms with E-state index in [0.717, 1.165) is 18.1 Å². The lowest BCUT2D eigenvalue weighted by Gasteiger charge is -2.01. The number of nitrogens with zero attached hydrogens (tertiary/aromatic N) is 2. The molecule has 1 aliphatic rings. The second kappa shape index (κ2) is 6.19. The Morgan fingerprint density at radius 1 is 1.50 bits per heavy atom. The zero-order valence-corrected chi connectivity index (χ0v) is 10.6. The summed E-state index contributed by atoms with van der Waals surface area (Å²) in [5, 5.41) is 1.25. The van der Waals surface area contributed by atoms with Crippen LogP contribution in [0.15, 0.2) is 30.6 Å². The fraction of sp³-hybridized carbons (Fsp3) is 0.429. The molecule has 2 aromatic heterocycles. The van der Waals surface area contributed by atoms with Gasteiger partial charge in [0.1, 0.15) is 5.65 Å². The van der Waals surface area contributed by atoms with Crippen molar-refractivity contribution < 1.29 is 9.53 Å². The van der Waals surface area contributed by atoms with Crippen LogP contribution < -0.4 is 0 Å². The van der Waals surface area contributed by atoms with Gasteiger partial charge in [-0.15, -0.1) is 0 Å². The predicted molar refractivity (Wildman–Crippen MR) is 70.1 cm³/mol. The first-order chi connectivity index (χ1) is 8.85. The summed E-state index contributed by atoms with van der Waals surface area (Å²) >= 11 is 0. The highest BCUT2D eigenvalue weighted by atomic mass is 16.5. The quantitative estimate of drug-likeness (QED) is 0.779. The standard InChI is InChI=1S/C11H12N2.C3H6O2/c1-2-10-5-7-13(8-9-3-4-9)11(10)12-6-1;1-2-5-3-4/h1-2,5-7,9H,3-4,8H2;3H,2H2,1H3. The predicted octanol–water partition coefficient (Wildman–Crippen LogP) is 2.63. The maximum Gasteiger partial charge on any atom is 0.293 e. The van der Waals surface area contributed by atoms with Gasteiger partial charge in [-0.25, -0.2) is 4.98 Å². The average molecular weight is 246 g/mol. The van der Waals surface area contributed by atoms with Crippen LogP contribution in [-0.2, 0) is 16.1 Å². The highest BCUT2D eigenvalue weighted by Gasteiger charge is 2.22. The van der Waals surface area contributed by atoms with E-state index in [-0.39, 0.29) is 0 Å². The van der Waals surface area contributed by atoms with E-state index >= 15 is 0 Å². The molecule has 4 nitrogen and oxygen atoms in total. The van der Waals surface area contributed by atoms with Crippen LogP contribution in [0, 0.1) is 5.92 Å². The Hall–Kier alpha value is -1.84. The zero-order chi connectivity index (χ0) is 12.8. The van der Waals surface area contributed by atoms with Crippen molar-refractivity contribution in [3.63, 3.8) is 0 Å². The minimum absolute atomic E-state index is 0.431. The topological polar surface area (TPSA) is 44.1 Å². The third-order valence-corrected chi connectivity index (χ3v) is 2.91. The van der Waals surface area contributed by atoms with E-state index in [1.165, 1.54) is 18.2 Å². The van der Waals surface area contributed by atoms with E-state index in [4.69, 9.17) is 0 Å². The summed E-state index contributed by atoms with van der Waals surface area (Å²) in [5.74, 6) is 0.914. The molecule has 0 atom stereocenters. The fourth-order valence-electron chi connectivity index (χ4n) is 1.81. The van der Waals surface area contributed by atoms with Gasteiger partial charge in [-0.1, -0.05) is 0 Å². The van der Waals surface area contributed by atoms with Crippen molar-refractivity contribution >= 4 is 17.5 Å². The molecular formula is C14H18N2O2. The zero-order valence-electron chi connectivity index (χ0n) is 10.6. The molecule has 1 fully saturated rings. The number of aromatic nitrogens is 2. The number of hydrogen-bond donors (Lipinski definition) is 0. The van der Waals surface area contributed by atoms with E-state index < -0.39 is 0 Å². The van der Waals surface area contributed by atoms with Crippen molar-refractivity contribution in [1.29, 1.82) is 0 Å². The number of ether oxygens (including phenoxy) is 1. The van der Waals surface area contributed by atoms with Crippen LogP contribution in [0.5, 0.6) is 0 Å². The van der Waals surface area contributed by atoms with Crippen molar-refractivity contribution in [2.75, 3.05) is 6.61 Å². The molecule has 0 unspecified atom stereocenters. The Morgan fingerprint density at radius 2 is 2.33 bits per heavy atom. The molecule has 0 aliphatic heterocycles. The average Bonchev–Trinajstić information content (AvgIpc) is 3.12. The lowest BCUT2D eigenvalue weighted by molar-refractivity contribution is -0.128. The Labute approximate surface area is 107 Å². The van der Waals surface area contributed by atoms with Crippen LogP contribution in [0.3, 0.4) is 0 Å². The minimum Gasteiger partial charge on any atom is -0.468 e. The van der Waals surface area contributed by atoms with Crippen LogP contribution in [-0.4, -0.2) is 22.6 Å². The van der Waals surface area contributed by atoms with Gasteiger partial charge in [0.05, 0.1) is 6.61 Å². The van der Waals surface area contributed by atoms with Crippen molar-refractivity contribution in [3.05, 3.63) is 30.6 Å². The van der Waals surface area contributed by atoms with E-state index in [1.54, 1.807) is 6.92 Å². The first-order valence-corrected chi connectivity index (χ1v) is 6.30. The van der Waals surface area contributed by atoms with Crippen molar-refractivity contribution in [3.8, 4) is 0 Å². The van der Waals surface area contributed by atoms with E-state index in [2.05, 4.69) is 32.6 Å². The Balaban J connectivity index is 0.000000209. The van der Waals surface area contributed by atoms with Gasteiger partial charge in [0.25, 0.3) is 6.47 Å². The SMILES string of the molecule is CCOC=O.c1cnc2c(c1)ccn2CC1CC1. The normalized spacial score (nSPS) is 13.8. The van der Waals surface area contributed by atoms with Gasteiger partial charge in [-0.3, -0.25) is 4.79 Å². The summed E-state index contributed by atoms with van der Waals surface area (Å²) in [6.45, 7) is 3.82. The number of carbonyl (C=O) groups is 1. The van der Waals surface area contributed by atoms with Crippen LogP contribution in [0.25, 0.3) is 11.0 Å². The summed E-state index contributed by atoms with van der Waals surface area (Å²) in [6, 6.07) is 6.25. The summed E-state index contributed by atoms with van der Waals surface area (Å²) in [5.41, 5.74) is 1.13. The third-order valence-electron chi connectivity index (χ3n) is 2.91. The highest BCUT2D eigenvalue weighted by molar-refractivity contribution is 5.75. The maximum atomic E-state index is 9.18. The van der Waals surface area contributed by atoms with Crippen molar-refractivity contribution in [2.24, 2.45) is 5.92 Å². The van der Waals surface area contributed by atoms with Gasteiger partial charge in [0.15, 0.2) is 0 Å². The molecule has 18 heavy (non-hydrogen) atoms. The Morgan fingerprint density at radius 3 is 2.94 bits per heavy atom. The summed E-state index contributed by atoms with van der Waals surface area (Å²) in [4.78, 5) is 13.6. The largest absolute Gasteiger partial charge is 0.468 e. The minimum atomic E-state index is 0.431. The third kappa shape index (κ3) is 3.32. The summed E-state index contributed by atoms with van der Waals surface area (Å²) in [6.07, 6.45) is 6.81. The molecule has 1 saturated carbocycles. The number of fused-ring (bicyclic) bond motifs is 1. The monoisotopic (exact) mass is 246 g/mol. The van der Waals surface area contributed by atoms with Gasteiger partial charge in [0, 0.05) is 24.3 Å². The van der Waals surface area contributed by atoms with E-state index in [0.29, 0.717) is 13.1 Å². The maximum absolute atomic E-state index is 9.18. The molecule has 3 rings (SSSR count). The number of pyridine rings is 1. The number of rotatable bonds is 4. The van der Waals surface area contributed by atoms with Crippen LogP contribution >= 0.6 is 0 Å². The van der Waals surface area contributed by atoms with E-state index in [1.807, 2.05) is 12.3 Å². The van der Waals surface area contributed by atoms with Gasteiger partial charge in [0.2, 0.25) is 0 Å². The van der Waals surface area contributed by atoms with Crippen LogP contribution in [0.4, 0.5) is 0 Å². The molecule has 0 amide bonds. The lowest BCUT2D eigenvalue weighted by Crippen LogP contribution is -1.98. The molecule has 2 aromatic rings. The molecule has 0 aromatic carbocycles. The lowest BCUT2D eigenvalue weighted by atomic mass is 10.3. The van der Waals surface area contributed by atoms with Gasteiger partial charge < -0.3 is 9.30 Å². The summed E-state index contributed by atoms with van der Waals surface area (Å²) < 4.78 is 6.42. The molecule has 1 aliphatic carbocycles. The molecule has 0 spiro atoms. The fourth-order valence-corrected chi connectivity index (χ4v) is 1.81. The van der Waals surface area contributed by atoms with Gasteiger partial charge >= 0.3 is 0 Å². The smallest absolute Gasteiger partial charge is 0.293 e. The first kappa shape index (κ1) is 12.6. The molecule has 0 bridgehead atoms. The first-order valence-electron chi connectivity index (χ1n) is 6.30. The van der Waals surface area contributed by atoms with Gasteiger partial charge in [-0.2, -0.15) is 0 Å². The Kier molecular flexibility index (Phi) is 4.34. The molecular weight excluding hydrogens is 228 g/mol.